The van der Waals surface area contributed by atoms with Crippen LogP contribution in [0.4, 0.5) is 5.69 Å². The molecule has 1 amide bonds. The molecule has 7 nitrogen and oxygen atoms in total. The molecule has 3 aromatic rings. The number of hydrogen-bond donors (Lipinski definition) is 1. The van der Waals surface area contributed by atoms with E-state index in [1.165, 1.54) is 31.0 Å². The molecular formula is C24H28ClN5O2S. The van der Waals surface area contributed by atoms with Crippen molar-refractivity contribution in [3.8, 4) is 17.1 Å². The molecule has 1 saturated carbocycles. The van der Waals surface area contributed by atoms with E-state index < -0.39 is 5.25 Å². The number of rotatable bonds is 7. The minimum Gasteiger partial charge on any atom is -0.495 e. The van der Waals surface area contributed by atoms with E-state index in [1.54, 1.807) is 31.5 Å². The summed E-state index contributed by atoms with van der Waals surface area (Å²) in [4.78, 5) is 17.3. The number of aromatic nitrogens is 4. The van der Waals surface area contributed by atoms with Gasteiger partial charge in [-0.1, -0.05) is 43.1 Å². The number of amides is 1. The van der Waals surface area contributed by atoms with Gasteiger partial charge in [0.15, 0.2) is 11.0 Å². The van der Waals surface area contributed by atoms with Gasteiger partial charge in [-0.25, -0.2) is 0 Å². The second-order valence-corrected chi connectivity index (χ2v) is 10.1. The SMILES string of the molecule is COc1ccc(Cl)cc1NC(=O)C(C)Sc1nnc(-c2cccnc2)n1C1CCCCC1C. The molecule has 0 aliphatic heterocycles. The second-order valence-electron chi connectivity index (χ2n) is 8.34. The molecule has 0 saturated heterocycles. The van der Waals surface area contributed by atoms with E-state index in [1.807, 2.05) is 25.3 Å². The fraction of sp³-hybridized carbons (Fsp3) is 0.417. The molecule has 0 spiro atoms. The standard InChI is InChI=1S/C24H28ClN5O2S/c1-15-7-4-5-9-20(15)30-22(17-8-6-12-26-14-17)28-29-24(30)33-16(2)23(31)27-19-13-18(25)10-11-21(19)32-3/h6,8,10-16,20H,4-5,7,9H2,1-3H3,(H,27,31). The summed E-state index contributed by atoms with van der Waals surface area (Å²) in [6.07, 6.45) is 8.22. The van der Waals surface area contributed by atoms with E-state index in [-0.39, 0.29) is 11.9 Å². The van der Waals surface area contributed by atoms with Crippen LogP contribution in [0.15, 0.2) is 47.9 Å². The maximum Gasteiger partial charge on any atom is 0.237 e. The Morgan fingerprint density at radius 3 is 2.82 bits per heavy atom. The molecular weight excluding hydrogens is 458 g/mol. The van der Waals surface area contributed by atoms with Crippen LogP contribution in [0.5, 0.6) is 5.75 Å². The molecule has 1 N–H and O–H groups in total. The zero-order valence-corrected chi connectivity index (χ0v) is 20.6. The summed E-state index contributed by atoms with van der Waals surface area (Å²) >= 11 is 7.52. The average Bonchev–Trinajstić information content (AvgIpc) is 3.23. The van der Waals surface area contributed by atoms with Crippen molar-refractivity contribution in [1.29, 1.82) is 0 Å². The maximum atomic E-state index is 13.0. The third-order valence-corrected chi connectivity index (χ3v) is 7.34. The first-order valence-electron chi connectivity index (χ1n) is 11.1. The van der Waals surface area contributed by atoms with E-state index in [4.69, 9.17) is 16.3 Å². The normalized spacial score (nSPS) is 19.2. The highest BCUT2D eigenvalue weighted by Gasteiger charge is 2.30. The molecule has 3 atom stereocenters. The number of nitrogens with one attached hydrogen (secondary N) is 1. The second kappa shape index (κ2) is 10.6. The Labute approximate surface area is 203 Å². The van der Waals surface area contributed by atoms with Gasteiger partial charge in [-0.3, -0.25) is 14.3 Å². The average molecular weight is 486 g/mol. The van der Waals surface area contributed by atoms with Crippen LogP contribution >= 0.6 is 23.4 Å². The smallest absolute Gasteiger partial charge is 0.237 e. The predicted octanol–water partition coefficient (Wildman–Crippen LogP) is 5.87. The lowest BCUT2D eigenvalue weighted by atomic mass is 9.85. The molecule has 9 heteroatoms. The Kier molecular flexibility index (Phi) is 7.55. The highest BCUT2D eigenvalue weighted by molar-refractivity contribution is 8.00. The molecule has 3 unspecified atom stereocenters. The van der Waals surface area contributed by atoms with Crippen molar-refractivity contribution in [2.75, 3.05) is 12.4 Å². The van der Waals surface area contributed by atoms with Crippen molar-refractivity contribution < 1.29 is 9.53 Å². The summed E-state index contributed by atoms with van der Waals surface area (Å²) in [6.45, 7) is 4.15. The molecule has 2 aromatic heterocycles. The van der Waals surface area contributed by atoms with Crippen LogP contribution in [-0.2, 0) is 4.79 Å². The first kappa shape index (κ1) is 23.6. The van der Waals surface area contributed by atoms with Gasteiger partial charge in [-0.15, -0.1) is 10.2 Å². The minimum atomic E-state index is -0.405. The summed E-state index contributed by atoms with van der Waals surface area (Å²) < 4.78 is 7.57. The number of hydrogen-bond acceptors (Lipinski definition) is 6. The van der Waals surface area contributed by atoms with Gasteiger partial charge in [0.25, 0.3) is 0 Å². The molecule has 1 aromatic carbocycles. The van der Waals surface area contributed by atoms with Crippen molar-refractivity contribution in [3.63, 3.8) is 0 Å². The van der Waals surface area contributed by atoms with E-state index in [0.717, 1.165) is 23.0 Å². The van der Waals surface area contributed by atoms with Gasteiger partial charge in [0.1, 0.15) is 5.75 Å². The van der Waals surface area contributed by atoms with Crippen molar-refractivity contribution in [2.24, 2.45) is 5.92 Å². The molecule has 4 rings (SSSR count). The number of ether oxygens (including phenoxy) is 1. The summed E-state index contributed by atoms with van der Waals surface area (Å²) in [5.41, 5.74) is 1.47. The van der Waals surface area contributed by atoms with Gasteiger partial charge in [0.05, 0.1) is 18.0 Å². The van der Waals surface area contributed by atoms with E-state index in [2.05, 4.69) is 32.0 Å². The Balaban J connectivity index is 1.60. The van der Waals surface area contributed by atoms with Crippen LogP contribution in [0.1, 0.15) is 45.6 Å². The van der Waals surface area contributed by atoms with Gasteiger partial charge in [-0.05, 0) is 56.0 Å². The topological polar surface area (TPSA) is 81.9 Å². The third kappa shape index (κ3) is 5.33. The van der Waals surface area contributed by atoms with Crippen LogP contribution in [0, 0.1) is 5.92 Å². The van der Waals surface area contributed by atoms with Gasteiger partial charge < -0.3 is 10.1 Å². The van der Waals surface area contributed by atoms with Crippen molar-refractivity contribution in [1.82, 2.24) is 19.7 Å². The monoisotopic (exact) mass is 485 g/mol. The molecule has 2 heterocycles. The number of anilines is 1. The zero-order chi connectivity index (χ0) is 23.4. The number of carbonyl (C=O) groups excluding carboxylic acids is 1. The predicted molar refractivity (Wildman–Crippen MR) is 132 cm³/mol. The number of carbonyl (C=O) groups is 1. The molecule has 33 heavy (non-hydrogen) atoms. The van der Waals surface area contributed by atoms with E-state index in [0.29, 0.717) is 22.4 Å². The lowest BCUT2D eigenvalue weighted by molar-refractivity contribution is -0.115. The Bertz CT molecular complexity index is 1110. The highest BCUT2D eigenvalue weighted by Crippen LogP contribution is 2.39. The Morgan fingerprint density at radius 1 is 1.27 bits per heavy atom. The molecule has 1 aliphatic rings. The van der Waals surface area contributed by atoms with Crippen molar-refractivity contribution in [3.05, 3.63) is 47.7 Å². The molecule has 0 radical (unpaired) electrons. The van der Waals surface area contributed by atoms with Crippen LogP contribution in [0.25, 0.3) is 11.4 Å². The Hall–Kier alpha value is -2.58. The fourth-order valence-corrected chi connectivity index (χ4v) is 5.33. The molecule has 0 bridgehead atoms. The molecule has 1 fully saturated rings. The summed E-state index contributed by atoms with van der Waals surface area (Å²) in [6, 6.07) is 9.33. The summed E-state index contributed by atoms with van der Waals surface area (Å²) in [5, 5.41) is 12.8. The quantitative estimate of drug-likeness (QED) is 0.421. The van der Waals surface area contributed by atoms with Crippen LogP contribution < -0.4 is 10.1 Å². The zero-order valence-electron chi connectivity index (χ0n) is 19.0. The minimum absolute atomic E-state index is 0.158. The molecule has 174 valence electrons. The lowest BCUT2D eigenvalue weighted by Crippen LogP contribution is -2.25. The number of halogens is 1. The van der Waals surface area contributed by atoms with Gasteiger partial charge >= 0.3 is 0 Å². The van der Waals surface area contributed by atoms with Gasteiger partial charge in [0.2, 0.25) is 5.91 Å². The summed E-state index contributed by atoms with van der Waals surface area (Å²) in [5.74, 6) is 1.70. The largest absolute Gasteiger partial charge is 0.495 e. The van der Waals surface area contributed by atoms with Gasteiger partial charge in [0, 0.05) is 29.0 Å². The van der Waals surface area contributed by atoms with Crippen molar-refractivity contribution >= 4 is 35.0 Å². The van der Waals surface area contributed by atoms with Crippen LogP contribution in [0.3, 0.4) is 0 Å². The van der Waals surface area contributed by atoms with Gasteiger partial charge in [-0.2, -0.15) is 0 Å². The number of benzene rings is 1. The number of thioether (sulfide) groups is 1. The Morgan fingerprint density at radius 2 is 2.09 bits per heavy atom. The van der Waals surface area contributed by atoms with E-state index in [9.17, 15) is 4.79 Å². The van der Waals surface area contributed by atoms with Crippen molar-refractivity contribution in [2.45, 2.75) is 56.0 Å². The first-order valence-corrected chi connectivity index (χ1v) is 12.4. The third-order valence-electron chi connectivity index (χ3n) is 6.05. The lowest BCUT2D eigenvalue weighted by Gasteiger charge is -2.31. The fourth-order valence-electron chi connectivity index (χ4n) is 4.25. The number of nitrogens with zero attached hydrogens (tertiary/aromatic N) is 4. The first-order chi connectivity index (χ1) is 16.0. The highest BCUT2D eigenvalue weighted by atomic mass is 35.5. The molecule has 1 aliphatic carbocycles. The van der Waals surface area contributed by atoms with Crippen LogP contribution in [0.2, 0.25) is 5.02 Å². The maximum absolute atomic E-state index is 13.0. The summed E-state index contributed by atoms with van der Waals surface area (Å²) in [7, 11) is 1.56. The van der Waals surface area contributed by atoms with E-state index >= 15 is 0 Å². The van der Waals surface area contributed by atoms with Crippen LogP contribution in [-0.4, -0.2) is 38.0 Å². The number of methoxy groups -OCH3 is 1. The number of pyridine rings is 1.